The molecule has 88 valence electrons. The van der Waals surface area contributed by atoms with Crippen LogP contribution in [0.15, 0.2) is 0 Å². The number of carboxylic acid groups (broad SMARTS) is 1. The van der Waals surface area contributed by atoms with Gasteiger partial charge in [-0.15, -0.1) is 0 Å². The Balaban J connectivity index is 2.36. The Kier molecular flexibility index (Phi) is 4.58. The van der Waals surface area contributed by atoms with E-state index in [0.29, 0.717) is 6.04 Å². The molecular formula is C12H23NO2. The van der Waals surface area contributed by atoms with Gasteiger partial charge in [-0.25, -0.2) is 0 Å². The van der Waals surface area contributed by atoms with Gasteiger partial charge >= 0.3 is 5.97 Å². The molecule has 3 atom stereocenters. The predicted molar refractivity (Wildman–Crippen MR) is 60.8 cm³/mol. The third kappa shape index (κ3) is 3.49. The molecule has 3 nitrogen and oxygen atoms in total. The fourth-order valence-corrected chi connectivity index (χ4v) is 2.37. The Morgan fingerprint density at radius 2 is 1.80 bits per heavy atom. The van der Waals surface area contributed by atoms with Crippen molar-refractivity contribution in [1.82, 2.24) is 5.32 Å². The second-order valence-corrected chi connectivity index (χ2v) is 4.92. The van der Waals surface area contributed by atoms with E-state index < -0.39 is 5.97 Å². The lowest BCUT2D eigenvalue weighted by Gasteiger charge is -2.26. The Hall–Kier alpha value is -0.570. The SMILES string of the molecule is CC(NC(C)C(C)C(=O)O)C1CCCC1. The molecule has 0 heterocycles. The number of carboxylic acids is 1. The van der Waals surface area contributed by atoms with Gasteiger partial charge in [-0.2, -0.15) is 0 Å². The topological polar surface area (TPSA) is 49.3 Å². The minimum atomic E-state index is -0.714. The summed E-state index contributed by atoms with van der Waals surface area (Å²) in [6.07, 6.45) is 5.25. The van der Waals surface area contributed by atoms with Gasteiger partial charge in [-0.1, -0.05) is 19.8 Å². The first kappa shape index (κ1) is 12.5. The van der Waals surface area contributed by atoms with E-state index in [4.69, 9.17) is 5.11 Å². The van der Waals surface area contributed by atoms with Gasteiger partial charge in [0.05, 0.1) is 5.92 Å². The van der Waals surface area contributed by atoms with Crippen molar-refractivity contribution in [1.29, 1.82) is 0 Å². The smallest absolute Gasteiger partial charge is 0.307 e. The lowest BCUT2D eigenvalue weighted by atomic mass is 9.96. The molecule has 0 aliphatic heterocycles. The van der Waals surface area contributed by atoms with Crippen LogP contribution in [-0.2, 0) is 4.79 Å². The van der Waals surface area contributed by atoms with Gasteiger partial charge in [-0.05, 0) is 32.6 Å². The second kappa shape index (κ2) is 5.50. The lowest BCUT2D eigenvalue weighted by molar-refractivity contribution is -0.142. The van der Waals surface area contributed by atoms with Crippen molar-refractivity contribution in [3.05, 3.63) is 0 Å². The van der Waals surface area contributed by atoms with E-state index in [-0.39, 0.29) is 12.0 Å². The highest BCUT2D eigenvalue weighted by molar-refractivity contribution is 5.70. The molecule has 2 N–H and O–H groups in total. The maximum Gasteiger partial charge on any atom is 0.307 e. The molecule has 0 aromatic heterocycles. The maximum absolute atomic E-state index is 10.8. The van der Waals surface area contributed by atoms with Crippen molar-refractivity contribution >= 4 is 5.97 Å². The third-order valence-electron chi connectivity index (χ3n) is 3.77. The third-order valence-corrected chi connectivity index (χ3v) is 3.77. The molecule has 0 bridgehead atoms. The highest BCUT2D eigenvalue weighted by Crippen LogP contribution is 2.27. The van der Waals surface area contributed by atoms with Gasteiger partial charge < -0.3 is 10.4 Å². The van der Waals surface area contributed by atoms with E-state index in [2.05, 4.69) is 12.2 Å². The summed E-state index contributed by atoms with van der Waals surface area (Å²) in [6.45, 7) is 5.91. The summed E-state index contributed by atoms with van der Waals surface area (Å²) in [6, 6.07) is 0.502. The number of hydrogen-bond acceptors (Lipinski definition) is 2. The van der Waals surface area contributed by atoms with Crippen LogP contribution in [0.5, 0.6) is 0 Å². The van der Waals surface area contributed by atoms with Crippen molar-refractivity contribution in [2.24, 2.45) is 11.8 Å². The highest BCUT2D eigenvalue weighted by atomic mass is 16.4. The van der Waals surface area contributed by atoms with E-state index >= 15 is 0 Å². The Bertz CT molecular complexity index is 212. The fourth-order valence-electron chi connectivity index (χ4n) is 2.37. The molecule has 0 amide bonds. The van der Waals surface area contributed by atoms with Crippen LogP contribution in [-0.4, -0.2) is 23.2 Å². The van der Waals surface area contributed by atoms with Gasteiger partial charge in [0.25, 0.3) is 0 Å². The molecule has 1 saturated carbocycles. The molecule has 0 aromatic carbocycles. The van der Waals surface area contributed by atoms with Crippen LogP contribution < -0.4 is 5.32 Å². The molecule has 0 spiro atoms. The molecule has 0 saturated heterocycles. The highest BCUT2D eigenvalue weighted by Gasteiger charge is 2.26. The van der Waals surface area contributed by atoms with Crippen molar-refractivity contribution in [3.8, 4) is 0 Å². The zero-order valence-corrected chi connectivity index (χ0v) is 9.99. The fraction of sp³-hybridized carbons (Fsp3) is 0.917. The van der Waals surface area contributed by atoms with Crippen LogP contribution in [0.25, 0.3) is 0 Å². The summed E-state index contributed by atoms with van der Waals surface area (Å²) in [5, 5.41) is 12.3. The van der Waals surface area contributed by atoms with Gasteiger partial charge in [0.15, 0.2) is 0 Å². The van der Waals surface area contributed by atoms with E-state index in [1.165, 1.54) is 25.7 Å². The molecule has 0 aromatic rings. The van der Waals surface area contributed by atoms with Gasteiger partial charge in [0.2, 0.25) is 0 Å². The molecule has 0 radical (unpaired) electrons. The lowest BCUT2D eigenvalue weighted by Crippen LogP contribution is -2.44. The Morgan fingerprint density at radius 1 is 1.27 bits per heavy atom. The number of carbonyl (C=O) groups is 1. The van der Waals surface area contributed by atoms with Crippen LogP contribution in [0, 0.1) is 11.8 Å². The zero-order chi connectivity index (χ0) is 11.4. The van der Waals surface area contributed by atoms with E-state index in [1.54, 1.807) is 6.92 Å². The molecule has 1 fully saturated rings. The molecule has 1 rings (SSSR count). The Labute approximate surface area is 92.3 Å². The van der Waals surface area contributed by atoms with Gasteiger partial charge in [0, 0.05) is 12.1 Å². The summed E-state index contributed by atoms with van der Waals surface area (Å²) in [7, 11) is 0. The normalized spacial score (nSPS) is 23.7. The minimum Gasteiger partial charge on any atom is -0.481 e. The maximum atomic E-state index is 10.8. The summed E-state index contributed by atoms with van der Waals surface area (Å²) in [4.78, 5) is 10.8. The predicted octanol–water partition coefficient (Wildman–Crippen LogP) is 2.26. The number of nitrogens with one attached hydrogen (secondary N) is 1. The summed E-state index contributed by atoms with van der Waals surface area (Å²) in [5.41, 5.74) is 0. The van der Waals surface area contributed by atoms with Crippen molar-refractivity contribution in [2.75, 3.05) is 0 Å². The summed E-state index contributed by atoms with van der Waals surface area (Å²) in [5.74, 6) is -0.282. The largest absolute Gasteiger partial charge is 0.481 e. The summed E-state index contributed by atoms with van der Waals surface area (Å²) >= 11 is 0. The van der Waals surface area contributed by atoms with E-state index in [9.17, 15) is 4.79 Å². The number of hydrogen-bond donors (Lipinski definition) is 2. The quantitative estimate of drug-likeness (QED) is 0.736. The van der Waals surface area contributed by atoms with Crippen LogP contribution >= 0.6 is 0 Å². The molecule has 1 aliphatic rings. The van der Waals surface area contributed by atoms with Crippen molar-refractivity contribution < 1.29 is 9.90 Å². The molecule has 3 heteroatoms. The van der Waals surface area contributed by atoms with Crippen molar-refractivity contribution in [3.63, 3.8) is 0 Å². The standard InChI is InChI=1S/C12H23NO2/c1-8(12(14)15)9(2)13-10(3)11-6-4-5-7-11/h8-11,13H,4-7H2,1-3H3,(H,14,15). The van der Waals surface area contributed by atoms with E-state index in [0.717, 1.165) is 5.92 Å². The first-order valence-electron chi connectivity index (χ1n) is 6.01. The first-order valence-corrected chi connectivity index (χ1v) is 6.01. The first-order chi connectivity index (χ1) is 7.02. The van der Waals surface area contributed by atoms with Crippen LogP contribution in [0.1, 0.15) is 46.5 Å². The van der Waals surface area contributed by atoms with Gasteiger partial charge in [-0.3, -0.25) is 4.79 Å². The molecule has 15 heavy (non-hydrogen) atoms. The zero-order valence-electron chi connectivity index (χ0n) is 9.99. The number of rotatable bonds is 5. The second-order valence-electron chi connectivity index (χ2n) is 4.92. The van der Waals surface area contributed by atoms with Crippen LogP contribution in [0.3, 0.4) is 0 Å². The molecule has 3 unspecified atom stereocenters. The van der Waals surface area contributed by atoms with Crippen LogP contribution in [0.4, 0.5) is 0 Å². The molecular weight excluding hydrogens is 190 g/mol. The average molecular weight is 213 g/mol. The minimum absolute atomic E-state index is 0.0538. The van der Waals surface area contributed by atoms with Gasteiger partial charge in [0.1, 0.15) is 0 Å². The molecule has 1 aliphatic carbocycles. The Morgan fingerprint density at radius 3 is 2.27 bits per heavy atom. The monoisotopic (exact) mass is 213 g/mol. The van der Waals surface area contributed by atoms with Crippen LogP contribution in [0.2, 0.25) is 0 Å². The van der Waals surface area contributed by atoms with Crippen molar-refractivity contribution in [2.45, 2.75) is 58.5 Å². The summed E-state index contributed by atoms with van der Waals surface area (Å²) < 4.78 is 0. The van der Waals surface area contributed by atoms with E-state index in [1.807, 2.05) is 6.92 Å². The average Bonchev–Trinajstić information content (AvgIpc) is 2.68. The number of aliphatic carboxylic acids is 1.